The van der Waals surface area contributed by atoms with Crippen LogP contribution in [0.5, 0.6) is 11.5 Å². The van der Waals surface area contributed by atoms with Crippen molar-refractivity contribution in [3.63, 3.8) is 0 Å². The fraction of sp³-hybridized carbons (Fsp3) is 0.458. The third-order valence-electron chi connectivity index (χ3n) is 6.02. The molecule has 0 unspecified atom stereocenters. The zero-order valence-electron chi connectivity index (χ0n) is 18.3. The third kappa shape index (κ3) is 5.88. The lowest BCUT2D eigenvalue weighted by Crippen LogP contribution is -2.40. The van der Waals surface area contributed by atoms with Gasteiger partial charge in [-0.25, -0.2) is 13.4 Å². The highest BCUT2D eigenvalue weighted by Crippen LogP contribution is 2.33. The lowest BCUT2D eigenvalue weighted by Gasteiger charge is -2.18. The van der Waals surface area contributed by atoms with Crippen molar-refractivity contribution in [1.29, 1.82) is 0 Å². The minimum absolute atomic E-state index is 0.222. The summed E-state index contributed by atoms with van der Waals surface area (Å²) >= 11 is 0. The van der Waals surface area contributed by atoms with Gasteiger partial charge < -0.3 is 9.47 Å². The molecule has 2 aliphatic rings. The first-order valence-corrected chi connectivity index (χ1v) is 12.6. The molecule has 1 saturated carbocycles. The monoisotopic (exact) mass is 458 g/mol. The third-order valence-corrected chi connectivity index (χ3v) is 7.41. The Morgan fingerprint density at radius 2 is 1.72 bits per heavy atom. The predicted molar refractivity (Wildman–Crippen MR) is 121 cm³/mol. The molecule has 1 heterocycles. The minimum Gasteiger partial charge on any atom is -0.497 e. The Labute approximate surface area is 189 Å². The maximum absolute atomic E-state index is 12.6. The van der Waals surface area contributed by atoms with E-state index < -0.39 is 10.0 Å². The van der Waals surface area contributed by atoms with Gasteiger partial charge in [-0.3, -0.25) is 4.79 Å². The van der Waals surface area contributed by atoms with E-state index in [0.717, 1.165) is 43.4 Å². The van der Waals surface area contributed by atoms with Gasteiger partial charge in [0.25, 0.3) is 10.0 Å². The summed E-state index contributed by atoms with van der Waals surface area (Å²) in [7, 11) is -2.05. The molecule has 7 nitrogen and oxygen atoms in total. The molecule has 0 spiro atoms. The number of hydrogen-bond donors (Lipinski definition) is 1. The highest BCUT2D eigenvalue weighted by Gasteiger charge is 2.30. The summed E-state index contributed by atoms with van der Waals surface area (Å²) < 4.78 is 36.1. The number of rotatable bonds is 11. The fourth-order valence-corrected chi connectivity index (χ4v) is 5.09. The summed E-state index contributed by atoms with van der Waals surface area (Å²) in [6, 6.07) is 13.8. The van der Waals surface area contributed by atoms with Gasteiger partial charge in [-0.2, -0.15) is 0 Å². The van der Waals surface area contributed by atoms with Crippen LogP contribution in [0.1, 0.15) is 42.5 Å². The summed E-state index contributed by atoms with van der Waals surface area (Å²) in [6.07, 6.45) is 4.84. The molecule has 1 N–H and O–H groups in total. The molecule has 2 aromatic carbocycles. The molecule has 1 saturated heterocycles. The number of Topliss-reactive ketones (excluding diaryl/α,β-unsaturated/α-hetero) is 1. The van der Waals surface area contributed by atoms with Gasteiger partial charge in [-0.15, -0.1) is 4.83 Å². The second kappa shape index (κ2) is 10.0. The topological polar surface area (TPSA) is 84.9 Å². The fourth-order valence-electron chi connectivity index (χ4n) is 3.99. The largest absolute Gasteiger partial charge is 0.497 e. The number of ketones is 1. The number of nitrogens with zero attached hydrogens (tertiary/aromatic N) is 1. The van der Waals surface area contributed by atoms with Gasteiger partial charge in [0.1, 0.15) is 11.5 Å². The van der Waals surface area contributed by atoms with Crippen molar-refractivity contribution in [3.05, 3.63) is 54.1 Å². The van der Waals surface area contributed by atoms with Gasteiger partial charge in [0.05, 0.1) is 18.6 Å². The molecule has 2 aromatic rings. The first-order chi connectivity index (χ1) is 15.4. The van der Waals surface area contributed by atoms with Crippen molar-refractivity contribution < 1.29 is 22.7 Å². The molecular formula is C24H30N2O5S. The first-order valence-electron chi connectivity index (χ1n) is 11.1. The Balaban J connectivity index is 1.17. The maximum atomic E-state index is 12.6. The number of nitrogens with one attached hydrogen (secondary N) is 1. The molecule has 0 bridgehead atoms. The molecule has 0 amide bonds. The van der Waals surface area contributed by atoms with Crippen LogP contribution in [0.25, 0.3) is 0 Å². The highest BCUT2D eigenvalue weighted by atomic mass is 32.2. The molecule has 1 aliphatic heterocycles. The van der Waals surface area contributed by atoms with Gasteiger partial charge in [0.2, 0.25) is 0 Å². The Kier molecular flexibility index (Phi) is 7.13. The predicted octanol–water partition coefficient (Wildman–Crippen LogP) is 3.66. The van der Waals surface area contributed by atoms with E-state index in [0.29, 0.717) is 31.4 Å². The van der Waals surface area contributed by atoms with Crippen LogP contribution in [0.4, 0.5) is 0 Å². The zero-order valence-corrected chi connectivity index (χ0v) is 19.1. The molecule has 0 aromatic heterocycles. The van der Waals surface area contributed by atoms with E-state index in [2.05, 4.69) is 4.83 Å². The molecule has 4 rings (SSSR count). The van der Waals surface area contributed by atoms with Crippen molar-refractivity contribution in [1.82, 2.24) is 9.84 Å². The van der Waals surface area contributed by atoms with E-state index in [-0.39, 0.29) is 16.6 Å². The normalized spacial score (nSPS) is 19.1. The number of methoxy groups -OCH3 is 1. The minimum atomic E-state index is -3.59. The number of ether oxygens (including phenoxy) is 2. The van der Waals surface area contributed by atoms with Crippen LogP contribution in [-0.4, -0.2) is 46.0 Å². The Hall–Kier alpha value is -2.42. The van der Waals surface area contributed by atoms with E-state index in [9.17, 15) is 13.2 Å². The summed E-state index contributed by atoms with van der Waals surface area (Å²) in [4.78, 5) is 15.0. The van der Waals surface area contributed by atoms with Crippen LogP contribution in [0.2, 0.25) is 0 Å². The molecule has 32 heavy (non-hydrogen) atoms. The van der Waals surface area contributed by atoms with E-state index >= 15 is 0 Å². The van der Waals surface area contributed by atoms with E-state index in [1.807, 2.05) is 24.3 Å². The second-order valence-corrected chi connectivity index (χ2v) is 10.2. The number of carbonyl (C=O) groups is 1. The number of benzene rings is 2. The lowest BCUT2D eigenvalue weighted by molar-refractivity contribution is 0.0967. The average Bonchev–Trinajstić information content (AvgIpc) is 3.57. The summed E-state index contributed by atoms with van der Waals surface area (Å²) in [5, 5.41) is 1.78. The number of carbonyl (C=O) groups excluding carboxylic acids is 1. The second-order valence-electron chi connectivity index (χ2n) is 8.52. The van der Waals surface area contributed by atoms with Crippen LogP contribution in [0.15, 0.2) is 53.4 Å². The van der Waals surface area contributed by atoms with Crippen molar-refractivity contribution in [2.75, 3.05) is 26.8 Å². The molecular weight excluding hydrogens is 428 g/mol. The van der Waals surface area contributed by atoms with Gasteiger partial charge >= 0.3 is 0 Å². The Morgan fingerprint density at radius 1 is 1.03 bits per heavy atom. The SMILES string of the molecule is COc1ccc(S(=O)(=O)NN2CC[C@@H](CCCOc3ccc(C(=O)C4CC4)cc3)C2)cc1. The van der Waals surface area contributed by atoms with Crippen LogP contribution in [-0.2, 0) is 10.0 Å². The van der Waals surface area contributed by atoms with Crippen LogP contribution in [0, 0.1) is 11.8 Å². The molecule has 1 aliphatic carbocycles. The highest BCUT2D eigenvalue weighted by molar-refractivity contribution is 7.89. The van der Waals surface area contributed by atoms with Crippen LogP contribution in [0.3, 0.4) is 0 Å². The smallest absolute Gasteiger partial charge is 0.253 e. The molecule has 2 fully saturated rings. The average molecular weight is 459 g/mol. The quantitative estimate of drug-likeness (QED) is 0.409. The molecule has 1 atom stereocenters. The molecule has 0 radical (unpaired) electrons. The van der Waals surface area contributed by atoms with Gasteiger partial charge in [0.15, 0.2) is 5.78 Å². The van der Waals surface area contributed by atoms with Crippen molar-refractivity contribution in [2.24, 2.45) is 11.8 Å². The lowest BCUT2D eigenvalue weighted by atomic mass is 10.0. The maximum Gasteiger partial charge on any atom is 0.253 e. The summed E-state index contributed by atoms with van der Waals surface area (Å²) in [5.41, 5.74) is 0.767. The van der Waals surface area contributed by atoms with E-state index in [4.69, 9.17) is 9.47 Å². The Bertz CT molecular complexity index is 1020. The van der Waals surface area contributed by atoms with Crippen molar-refractivity contribution in [3.8, 4) is 11.5 Å². The first kappa shape index (κ1) is 22.8. The van der Waals surface area contributed by atoms with Crippen LogP contribution < -0.4 is 14.3 Å². The number of sulfonamides is 1. The van der Waals surface area contributed by atoms with Gasteiger partial charge in [-0.05, 0) is 86.6 Å². The molecule has 8 heteroatoms. The van der Waals surface area contributed by atoms with Crippen LogP contribution >= 0.6 is 0 Å². The van der Waals surface area contributed by atoms with Crippen molar-refractivity contribution >= 4 is 15.8 Å². The van der Waals surface area contributed by atoms with Gasteiger partial charge in [-0.1, -0.05) is 0 Å². The summed E-state index contributed by atoms with van der Waals surface area (Å²) in [6.45, 7) is 1.98. The van der Waals surface area contributed by atoms with E-state index in [1.54, 1.807) is 36.4 Å². The van der Waals surface area contributed by atoms with Crippen molar-refractivity contribution in [2.45, 2.75) is 37.0 Å². The van der Waals surface area contributed by atoms with E-state index in [1.165, 1.54) is 0 Å². The van der Waals surface area contributed by atoms with Gasteiger partial charge in [0, 0.05) is 24.6 Å². The number of hydrazine groups is 1. The zero-order chi connectivity index (χ0) is 22.6. The standard InChI is InChI=1S/C24H30N2O5S/c1-30-21-10-12-23(13-11-21)32(28,29)25-26-15-14-18(17-26)3-2-16-31-22-8-6-20(7-9-22)24(27)19-4-5-19/h6-13,18-19,25H,2-5,14-17H2,1H3/t18-/m1/s1. The molecule has 172 valence electrons. The summed E-state index contributed by atoms with van der Waals surface area (Å²) in [5.74, 6) is 2.29. The number of hydrogen-bond acceptors (Lipinski definition) is 6. The Morgan fingerprint density at radius 3 is 2.38 bits per heavy atom.